The number of rotatable bonds is 3. The molecular formula is C15H14N2O. The summed E-state index contributed by atoms with van der Waals surface area (Å²) < 4.78 is 2.16. The highest BCUT2D eigenvalue weighted by molar-refractivity contribution is 5.83. The molecule has 0 unspecified atom stereocenters. The molecule has 0 aliphatic rings. The predicted molar refractivity (Wildman–Crippen MR) is 71.2 cm³/mol. The van der Waals surface area contributed by atoms with Crippen LogP contribution in [0.4, 0.5) is 0 Å². The van der Waals surface area contributed by atoms with Gasteiger partial charge in [0.05, 0.1) is 12.1 Å². The minimum atomic E-state index is 0.0672. The van der Waals surface area contributed by atoms with Gasteiger partial charge in [-0.1, -0.05) is 18.2 Å². The van der Waals surface area contributed by atoms with E-state index in [2.05, 4.69) is 27.9 Å². The Balaban J connectivity index is 2.07. The molecule has 0 radical (unpaired) electrons. The average Bonchev–Trinajstić information content (AvgIpc) is 2.83. The number of pyridine rings is 1. The van der Waals surface area contributed by atoms with E-state index < -0.39 is 0 Å². The van der Waals surface area contributed by atoms with E-state index in [4.69, 9.17) is 0 Å². The van der Waals surface area contributed by atoms with Gasteiger partial charge in [-0.3, -0.25) is 4.98 Å². The molecule has 3 rings (SSSR count). The molecule has 1 N–H and O–H groups in total. The zero-order valence-electron chi connectivity index (χ0n) is 9.95. The van der Waals surface area contributed by atoms with E-state index in [-0.39, 0.29) is 6.61 Å². The maximum atomic E-state index is 9.42. The molecule has 0 saturated carbocycles. The molecule has 0 spiro atoms. The van der Waals surface area contributed by atoms with E-state index >= 15 is 0 Å². The van der Waals surface area contributed by atoms with Crippen LogP contribution in [0.3, 0.4) is 0 Å². The van der Waals surface area contributed by atoms with Gasteiger partial charge in [0, 0.05) is 30.7 Å². The number of aliphatic hydroxyl groups excluding tert-OH is 1. The smallest absolute Gasteiger partial charge is 0.0702 e. The van der Waals surface area contributed by atoms with Crippen molar-refractivity contribution >= 4 is 10.9 Å². The molecule has 3 aromatic rings. The Labute approximate surface area is 105 Å². The summed E-state index contributed by atoms with van der Waals surface area (Å²) in [4.78, 5) is 4.02. The summed E-state index contributed by atoms with van der Waals surface area (Å²) in [6.45, 7) is 0.862. The lowest BCUT2D eigenvalue weighted by atomic mass is 10.1. The Morgan fingerprint density at radius 2 is 1.89 bits per heavy atom. The second-order valence-electron chi connectivity index (χ2n) is 4.31. The van der Waals surface area contributed by atoms with Crippen molar-refractivity contribution in [3.05, 3.63) is 66.1 Å². The van der Waals surface area contributed by atoms with Crippen LogP contribution >= 0.6 is 0 Å². The maximum absolute atomic E-state index is 9.42. The van der Waals surface area contributed by atoms with Gasteiger partial charge in [-0.15, -0.1) is 0 Å². The molecule has 1 aromatic carbocycles. The molecule has 0 bridgehead atoms. The van der Waals surface area contributed by atoms with Gasteiger partial charge in [-0.2, -0.15) is 0 Å². The first kappa shape index (κ1) is 11.0. The summed E-state index contributed by atoms with van der Waals surface area (Å²) in [7, 11) is 0. The van der Waals surface area contributed by atoms with Crippen molar-refractivity contribution in [3.63, 3.8) is 0 Å². The zero-order valence-corrected chi connectivity index (χ0v) is 9.95. The van der Waals surface area contributed by atoms with Gasteiger partial charge < -0.3 is 9.67 Å². The third kappa shape index (κ3) is 1.89. The molecule has 90 valence electrons. The Kier molecular flexibility index (Phi) is 2.82. The van der Waals surface area contributed by atoms with E-state index in [1.807, 2.05) is 24.3 Å². The quantitative estimate of drug-likeness (QED) is 0.761. The van der Waals surface area contributed by atoms with Crippen molar-refractivity contribution in [2.45, 2.75) is 13.2 Å². The molecule has 2 aromatic heterocycles. The molecule has 0 atom stereocenters. The normalized spacial score (nSPS) is 10.9. The van der Waals surface area contributed by atoms with Gasteiger partial charge >= 0.3 is 0 Å². The van der Waals surface area contributed by atoms with Crippen LogP contribution in [0.1, 0.15) is 11.1 Å². The van der Waals surface area contributed by atoms with Crippen LogP contribution < -0.4 is 0 Å². The average molecular weight is 238 g/mol. The van der Waals surface area contributed by atoms with Crippen LogP contribution in [0.5, 0.6) is 0 Å². The number of hydrogen-bond acceptors (Lipinski definition) is 2. The van der Waals surface area contributed by atoms with Crippen molar-refractivity contribution < 1.29 is 5.11 Å². The topological polar surface area (TPSA) is 38.0 Å². The summed E-state index contributed by atoms with van der Waals surface area (Å²) in [5.74, 6) is 0. The largest absolute Gasteiger partial charge is 0.392 e. The fraction of sp³-hybridized carbons (Fsp3) is 0.133. The second-order valence-corrected chi connectivity index (χ2v) is 4.31. The van der Waals surface area contributed by atoms with Crippen LogP contribution in [-0.4, -0.2) is 14.7 Å². The lowest BCUT2D eigenvalue weighted by Crippen LogP contribution is -2.00. The van der Waals surface area contributed by atoms with Crippen molar-refractivity contribution in [2.24, 2.45) is 0 Å². The molecule has 18 heavy (non-hydrogen) atoms. The maximum Gasteiger partial charge on any atom is 0.0702 e. The summed E-state index contributed by atoms with van der Waals surface area (Å²) in [6.07, 6.45) is 5.66. The van der Waals surface area contributed by atoms with E-state index in [1.54, 1.807) is 12.4 Å². The molecule has 2 heterocycles. The predicted octanol–water partition coefficient (Wildman–Crippen LogP) is 2.58. The van der Waals surface area contributed by atoms with Crippen LogP contribution in [0.2, 0.25) is 0 Å². The highest BCUT2D eigenvalue weighted by Crippen LogP contribution is 2.21. The summed E-state index contributed by atoms with van der Waals surface area (Å²) >= 11 is 0. The lowest BCUT2D eigenvalue weighted by Gasteiger charge is -2.08. The van der Waals surface area contributed by atoms with Gasteiger partial charge in [0.15, 0.2) is 0 Å². The Morgan fingerprint density at radius 1 is 1.06 bits per heavy atom. The van der Waals surface area contributed by atoms with Gasteiger partial charge in [-0.05, 0) is 29.1 Å². The van der Waals surface area contributed by atoms with Crippen LogP contribution in [0, 0.1) is 0 Å². The monoisotopic (exact) mass is 238 g/mol. The fourth-order valence-electron chi connectivity index (χ4n) is 2.29. The lowest BCUT2D eigenvalue weighted by molar-refractivity contribution is 0.283. The van der Waals surface area contributed by atoms with Crippen molar-refractivity contribution in [3.8, 4) is 0 Å². The highest BCUT2D eigenvalue weighted by atomic mass is 16.3. The minimum absolute atomic E-state index is 0.0672. The number of aromatic nitrogens is 2. The fourth-order valence-corrected chi connectivity index (χ4v) is 2.29. The van der Waals surface area contributed by atoms with Crippen LogP contribution in [0.15, 0.2) is 55.0 Å². The van der Waals surface area contributed by atoms with Crippen molar-refractivity contribution in [1.29, 1.82) is 0 Å². The zero-order chi connectivity index (χ0) is 12.4. The molecule has 0 aliphatic carbocycles. The number of hydrogen-bond donors (Lipinski definition) is 1. The van der Waals surface area contributed by atoms with Crippen LogP contribution in [0.25, 0.3) is 10.9 Å². The SMILES string of the molecule is OCc1cccc2ccn(Cc3ccncc3)c12. The molecule has 0 aliphatic heterocycles. The Bertz CT molecular complexity index is 659. The molecule has 3 heteroatoms. The molecular weight excluding hydrogens is 224 g/mol. The number of benzene rings is 1. The Morgan fingerprint density at radius 3 is 2.67 bits per heavy atom. The minimum Gasteiger partial charge on any atom is -0.392 e. The van der Waals surface area contributed by atoms with E-state index in [9.17, 15) is 5.11 Å². The first-order valence-corrected chi connectivity index (χ1v) is 5.95. The molecule has 3 nitrogen and oxygen atoms in total. The number of para-hydroxylation sites is 1. The van der Waals surface area contributed by atoms with E-state index in [1.165, 1.54) is 5.56 Å². The number of fused-ring (bicyclic) bond motifs is 1. The molecule has 0 amide bonds. The third-order valence-electron chi connectivity index (χ3n) is 3.14. The van der Waals surface area contributed by atoms with Gasteiger partial charge in [0.1, 0.15) is 0 Å². The van der Waals surface area contributed by atoms with Crippen molar-refractivity contribution in [2.75, 3.05) is 0 Å². The summed E-state index contributed by atoms with van der Waals surface area (Å²) in [6, 6.07) is 12.1. The van der Waals surface area contributed by atoms with E-state index in [0.29, 0.717) is 0 Å². The van der Waals surface area contributed by atoms with Gasteiger partial charge in [0.2, 0.25) is 0 Å². The molecule has 0 fully saturated rings. The van der Waals surface area contributed by atoms with Gasteiger partial charge in [0.25, 0.3) is 0 Å². The summed E-state index contributed by atoms with van der Waals surface area (Å²) in [5, 5.41) is 10.6. The summed E-state index contributed by atoms with van der Waals surface area (Å²) in [5.41, 5.74) is 3.28. The number of nitrogens with zero attached hydrogens (tertiary/aromatic N) is 2. The van der Waals surface area contributed by atoms with E-state index in [0.717, 1.165) is 23.0 Å². The standard InChI is InChI=1S/C15H14N2O/c18-11-14-3-1-2-13-6-9-17(15(13)14)10-12-4-7-16-8-5-12/h1-9,18H,10-11H2. The number of aliphatic hydroxyl groups is 1. The Hall–Kier alpha value is -2.13. The first-order chi connectivity index (χ1) is 8.88. The van der Waals surface area contributed by atoms with Crippen molar-refractivity contribution in [1.82, 2.24) is 9.55 Å². The van der Waals surface area contributed by atoms with Gasteiger partial charge in [-0.25, -0.2) is 0 Å². The van der Waals surface area contributed by atoms with Crippen LogP contribution in [-0.2, 0) is 13.2 Å². The second kappa shape index (κ2) is 4.63. The highest BCUT2D eigenvalue weighted by Gasteiger charge is 2.06. The third-order valence-corrected chi connectivity index (χ3v) is 3.14. The molecule has 0 saturated heterocycles. The first-order valence-electron chi connectivity index (χ1n) is 5.95.